The van der Waals surface area contributed by atoms with Crippen LogP contribution >= 0.6 is 11.8 Å². The quantitative estimate of drug-likeness (QED) is 0.752. The first-order valence-corrected chi connectivity index (χ1v) is 6.15. The van der Waals surface area contributed by atoms with Crippen LogP contribution in [0, 0.1) is 11.8 Å². The average Bonchev–Trinajstić information content (AvgIpc) is 2.14. The van der Waals surface area contributed by atoms with E-state index in [1.807, 2.05) is 0 Å². The number of hydrogen-bond acceptors (Lipinski definition) is 3. The van der Waals surface area contributed by atoms with Gasteiger partial charge in [-0.2, -0.15) is 11.8 Å². The van der Waals surface area contributed by atoms with E-state index < -0.39 is 5.97 Å². The summed E-state index contributed by atoms with van der Waals surface area (Å²) in [6.45, 7) is 2.31. The molecule has 1 aliphatic rings. The van der Waals surface area contributed by atoms with Gasteiger partial charge in [0.25, 0.3) is 0 Å². The number of carbonyl (C=O) groups is 1. The molecule has 0 aromatic rings. The van der Waals surface area contributed by atoms with Crippen molar-refractivity contribution in [1.82, 2.24) is 0 Å². The largest absolute Gasteiger partial charge is 0.481 e. The molecule has 14 heavy (non-hydrogen) atoms. The molecule has 0 aromatic heterocycles. The fourth-order valence-corrected chi connectivity index (χ4v) is 3.36. The van der Waals surface area contributed by atoms with E-state index in [-0.39, 0.29) is 17.8 Å². The van der Waals surface area contributed by atoms with Crippen LogP contribution in [0.25, 0.3) is 0 Å². The van der Waals surface area contributed by atoms with Crippen molar-refractivity contribution in [1.29, 1.82) is 0 Å². The summed E-state index contributed by atoms with van der Waals surface area (Å²) in [6, 6.07) is 0. The second-order valence-electron chi connectivity index (χ2n) is 4.00. The molecule has 0 spiro atoms. The Hall–Kier alpha value is -0.220. The summed E-state index contributed by atoms with van der Waals surface area (Å²) in [5, 5.41) is 17.9. The molecule has 2 N–H and O–H groups in total. The van der Waals surface area contributed by atoms with E-state index in [4.69, 9.17) is 10.2 Å². The molecule has 1 rings (SSSR count). The van der Waals surface area contributed by atoms with Crippen LogP contribution in [0.3, 0.4) is 0 Å². The number of rotatable bonds is 4. The van der Waals surface area contributed by atoms with Gasteiger partial charge in [-0.1, -0.05) is 6.92 Å². The predicted octanol–water partition coefficient (Wildman–Crippen LogP) is 1.60. The first-order valence-electron chi connectivity index (χ1n) is 5.10. The molecular formula is C10H18O3S. The van der Waals surface area contributed by atoms with Crippen molar-refractivity contribution in [2.45, 2.75) is 31.4 Å². The maximum absolute atomic E-state index is 11.0. The molecule has 4 heteroatoms. The molecule has 82 valence electrons. The molecule has 0 amide bonds. The number of aliphatic carboxylic acids is 1. The van der Waals surface area contributed by atoms with Crippen LogP contribution in [0.4, 0.5) is 0 Å². The summed E-state index contributed by atoms with van der Waals surface area (Å²) in [4.78, 5) is 11.0. The second-order valence-corrected chi connectivity index (χ2v) is 5.34. The van der Waals surface area contributed by atoms with Gasteiger partial charge in [0.05, 0.1) is 12.5 Å². The zero-order valence-corrected chi connectivity index (χ0v) is 9.30. The SMILES string of the molecule is CC1CCC(C(=O)O)C(SCCO)C1. The maximum atomic E-state index is 11.0. The lowest BCUT2D eigenvalue weighted by atomic mass is 9.82. The highest BCUT2D eigenvalue weighted by Gasteiger charge is 2.33. The molecule has 0 heterocycles. The van der Waals surface area contributed by atoms with E-state index in [0.717, 1.165) is 19.3 Å². The fraction of sp³-hybridized carbons (Fsp3) is 0.900. The summed E-state index contributed by atoms with van der Waals surface area (Å²) in [6.07, 6.45) is 2.79. The Morgan fingerprint density at radius 2 is 2.21 bits per heavy atom. The molecule has 0 radical (unpaired) electrons. The van der Waals surface area contributed by atoms with Crippen molar-refractivity contribution in [3.8, 4) is 0 Å². The van der Waals surface area contributed by atoms with Crippen molar-refractivity contribution in [2.24, 2.45) is 11.8 Å². The van der Waals surface area contributed by atoms with Crippen LogP contribution in [0.15, 0.2) is 0 Å². The molecule has 1 saturated carbocycles. The minimum Gasteiger partial charge on any atom is -0.481 e. The first-order chi connectivity index (χ1) is 6.65. The summed E-state index contributed by atoms with van der Waals surface area (Å²) in [7, 11) is 0. The molecular weight excluding hydrogens is 200 g/mol. The van der Waals surface area contributed by atoms with Gasteiger partial charge in [0.2, 0.25) is 0 Å². The lowest BCUT2D eigenvalue weighted by Crippen LogP contribution is -2.32. The maximum Gasteiger partial charge on any atom is 0.307 e. The van der Waals surface area contributed by atoms with E-state index in [1.165, 1.54) is 0 Å². The van der Waals surface area contributed by atoms with Crippen molar-refractivity contribution >= 4 is 17.7 Å². The van der Waals surface area contributed by atoms with E-state index >= 15 is 0 Å². The second kappa shape index (κ2) is 5.61. The molecule has 3 atom stereocenters. The zero-order chi connectivity index (χ0) is 10.6. The fourth-order valence-electron chi connectivity index (χ4n) is 2.00. The van der Waals surface area contributed by atoms with Gasteiger partial charge in [0, 0.05) is 11.0 Å². The van der Waals surface area contributed by atoms with Crippen molar-refractivity contribution in [2.75, 3.05) is 12.4 Å². The van der Waals surface area contributed by atoms with Crippen LogP contribution in [0.5, 0.6) is 0 Å². The lowest BCUT2D eigenvalue weighted by Gasteiger charge is -2.31. The molecule has 1 fully saturated rings. The third-order valence-corrected chi connectivity index (χ3v) is 4.16. The van der Waals surface area contributed by atoms with E-state index in [1.54, 1.807) is 11.8 Å². The molecule has 0 saturated heterocycles. The Labute approximate surface area is 88.9 Å². The lowest BCUT2D eigenvalue weighted by molar-refractivity contribution is -0.142. The Morgan fingerprint density at radius 3 is 2.79 bits per heavy atom. The highest BCUT2D eigenvalue weighted by Crippen LogP contribution is 2.36. The number of hydrogen-bond donors (Lipinski definition) is 2. The Bertz CT molecular complexity index is 196. The van der Waals surface area contributed by atoms with Gasteiger partial charge in [-0.3, -0.25) is 4.79 Å². The third-order valence-electron chi connectivity index (χ3n) is 2.79. The van der Waals surface area contributed by atoms with Crippen molar-refractivity contribution < 1.29 is 15.0 Å². The van der Waals surface area contributed by atoms with Crippen LogP contribution in [0.1, 0.15) is 26.2 Å². The first kappa shape index (κ1) is 11.9. The summed E-state index contributed by atoms with van der Waals surface area (Å²) in [5.41, 5.74) is 0. The van der Waals surface area contributed by atoms with Gasteiger partial charge in [-0.05, 0) is 25.2 Å². The zero-order valence-electron chi connectivity index (χ0n) is 8.48. The van der Waals surface area contributed by atoms with E-state index in [9.17, 15) is 4.79 Å². The van der Waals surface area contributed by atoms with Crippen LogP contribution in [-0.4, -0.2) is 33.8 Å². The molecule has 0 aromatic carbocycles. The molecule has 3 nitrogen and oxygen atoms in total. The Balaban J connectivity index is 2.50. The number of carboxylic acids is 1. The normalized spacial score (nSPS) is 32.9. The standard InChI is InChI=1S/C10H18O3S/c1-7-2-3-8(10(12)13)9(6-7)14-5-4-11/h7-9,11H,2-6H2,1H3,(H,12,13). The van der Waals surface area contributed by atoms with E-state index in [0.29, 0.717) is 11.7 Å². The number of thioether (sulfide) groups is 1. The topological polar surface area (TPSA) is 57.5 Å². The van der Waals surface area contributed by atoms with E-state index in [2.05, 4.69) is 6.92 Å². The molecule has 0 aliphatic heterocycles. The number of aliphatic hydroxyl groups is 1. The van der Waals surface area contributed by atoms with Crippen molar-refractivity contribution in [3.63, 3.8) is 0 Å². The highest BCUT2D eigenvalue weighted by molar-refractivity contribution is 7.99. The molecule has 3 unspecified atom stereocenters. The van der Waals surface area contributed by atoms with Crippen molar-refractivity contribution in [3.05, 3.63) is 0 Å². The minimum absolute atomic E-state index is 0.141. The predicted molar refractivity (Wildman–Crippen MR) is 57.5 cm³/mol. The monoisotopic (exact) mass is 218 g/mol. The molecule has 1 aliphatic carbocycles. The smallest absolute Gasteiger partial charge is 0.307 e. The van der Waals surface area contributed by atoms with Gasteiger partial charge in [-0.25, -0.2) is 0 Å². The van der Waals surface area contributed by atoms with Crippen LogP contribution in [0.2, 0.25) is 0 Å². The van der Waals surface area contributed by atoms with Gasteiger partial charge in [0.1, 0.15) is 0 Å². The van der Waals surface area contributed by atoms with Crippen LogP contribution in [-0.2, 0) is 4.79 Å². The van der Waals surface area contributed by atoms with Gasteiger partial charge >= 0.3 is 5.97 Å². The Kier molecular flexibility index (Phi) is 4.75. The van der Waals surface area contributed by atoms with Gasteiger partial charge in [-0.15, -0.1) is 0 Å². The van der Waals surface area contributed by atoms with Crippen LogP contribution < -0.4 is 0 Å². The average molecular weight is 218 g/mol. The summed E-state index contributed by atoms with van der Waals surface area (Å²) in [5.74, 6) is 0.401. The summed E-state index contributed by atoms with van der Waals surface area (Å²) >= 11 is 1.61. The third kappa shape index (κ3) is 3.17. The highest BCUT2D eigenvalue weighted by atomic mass is 32.2. The Morgan fingerprint density at radius 1 is 1.50 bits per heavy atom. The van der Waals surface area contributed by atoms with Gasteiger partial charge in [0.15, 0.2) is 0 Å². The summed E-state index contributed by atoms with van der Waals surface area (Å²) < 4.78 is 0. The number of aliphatic hydroxyl groups excluding tert-OH is 1. The molecule has 0 bridgehead atoms. The minimum atomic E-state index is -0.674. The number of carboxylic acid groups (broad SMARTS) is 1. The van der Waals surface area contributed by atoms with Gasteiger partial charge < -0.3 is 10.2 Å².